The molecule has 1 heterocycles. The number of carbonyl (C=O) groups excluding carboxylic acids is 3. The van der Waals surface area contributed by atoms with Gasteiger partial charge in [-0.2, -0.15) is 0 Å². The molecule has 0 bridgehead atoms. The van der Waals surface area contributed by atoms with E-state index in [1.54, 1.807) is 37.3 Å². The SMILES string of the molecule is CO[C@@H]1CN(C)C(=O)c2cc(NC(=O)C3CCC3)ccc2OC[C@@H](C)N(C(=O)CN(C)C)C[C@H]1C. The minimum atomic E-state index is -0.254. The molecule has 9 nitrogen and oxygen atoms in total. The Balaban J connectivity index is 1.91. The minimum absolute atomic E-state index is 0.00388. The molecule has 1 fully saturated rings. The lowest BCUT2D eigenvalue weighted by Gasteiger charge is -2.36. The molecule has 0 saturated heterocycles. The van der Waals surface area contributed by atoms with Crippen molar-refractivity contribution in [3.05, 3.63) is 23.8 Å². The maximum Gasteiger partial charge on any atom is 0.257 e. The van der Waals surface area contributed by atoms with Crippen molar-refractivity contribution >= 4 is 23.4 Å². The molecule has 1 aromatic carbocycles. The first-order valence-corrected chi connectivity index (χ1v) is 12.4. The third-order valence-corrected chi connectivity index (χ3v) is 6.96. The Labute approximate surface area is 208 Å². The van der Waals surface area contributed by atoms with E-state index in [1.807, 2.05) is 37.7 Å². The number of carbonyl (C=O) groups is 3. The van der Waals surface area contributed by atoms with E-state index in [1.165, 1.54) is 0 Å². The van der Waals surface area contributed by atoms with Crippen LogP contribution in [0.3, 0.4) is 0 Å². The lowest BCUT2D eigenvalue weighted by Crippen LogP contribution is -2.50. The monoisotopic (exact) mass is 488 g/mol. The van der Waals surface area contributed by atoms with Gasteiger partial charge in [0.1, 0.15) is 12.4 Å². The van der Waals surface area contributed by atoms with Crippen LogP contribution in [-0.2, 0) is 14.3 Å². The highest BCUT2D eigenvalue weighted by molar-refractivity contribution is 6.00. The Kier molecular flexibility index (Phi) is 9.13. The van der Waals surface area contributed by atoms with Gasteiger partial charge in [-0.3, -0.25) is 14.4 Å². The highest BCUT2D eigenvalue weighted by Crippen LogP contribution is 2.30. The Morgan fingerprint density at radius 2 is 1.91 bits per heavy atom. The highest BCUT2D eigenvalue weighted by Gasteiger charge is 2.31. The molecule has 3 rings (SSSR count). The smallest absolute Gasteiger partial charge is 0.257 e. The number of benzene rings is 1. The summed E-state index contributed by atoms with van der Waals surface area (Å²) in [4.78, 5) is 44.3. The second-order valence-electron chi connectivity index (χ2n) is 10.2. The maximum atomic E-state index is 13.4. The molecule has 3 amide bonds. The second-order valence-corrected chi connectivity index (χ2v) is 10.2. The van der Waals surface area contributed by atoms with E-state index in [-0.39, 0.29) is 48.3 Å². The quantitative estimate of drug-likeness (QED) is 0.684. The molecule has 0 unspecified atom stereocenters. The average molecular weight is 489 g/mol. The fourth-order valence-electron chi connectivity index (χ4n) is 4.48. The highest BCUT2D eigenvalue weighted by atomic mass is 16.5. The fraction of sp³-hybridized carbons (Fsp3) is 0.654. The van der Waals surface area contributed by atoms with E-state index in [2.05, 4.69) is 5.32 Å². The van der Waals surface area contributed by atoms with Crippen LogP contribution in [0.5, 0.6) is 5.75 Å². The van der Waals surface area contributed by atoms with Gasteiger partial charge in [0.2, 0.25) is 11.8 Å². The van der Waals surface area contributed by atoms with E-state index >= 15 is 0 Å². The van der Waals surface area contributed by atoms with Crippen LogP contribution in [0.1, 0.15) is 43.5 Å². The van der Waals surface area contributed by atoms with Crippen molar-refractivity contribution in [1.29, 1.82) is 0 Å². The zero-order chi connectivity index (χ0) is 25.7. The summed E-state index contributed by atoms with van der Waals surface area (Å²) in [5, 5.41) is 2.94. The third kappa shape index (κ3) is 6.73. The van der Waals surface area contributed by atoms with Crippen LogP contribution in [-0.4, -0.2) is 99.1 Å². The van der Waals surface area contributed by atoms with Gasteiger partial charge >= 0.3 is 0 Å². The Morgan fingerprint density at radius 1 is 1.20 bits per heavy atom. The molecule has 194 valence electrons. The molecule has 1 N–H and O–H groups in total. The van der Waals surface area contributed by atoms with Gasteiger partial charge in [-0.15, -0.1) is 0 Å². The predicted molar refractivity (Wildman–Crippen MR) is 135 cm³/mol. The lowest BCUT2D eigenvalue weighted by atomic mass is 9.85. The molecule has 3 atom stereocenters. The molecular formula is C26H40N4O5. The van der Waals surface area contributed by atoms with Gasteiger partial charge in [-0.05, 0) is 52.1 Å². The first-order chi connectivity index (χ1) is 16.6. The number of nitrogens with zero attached hydrogens (tertiary/aromatic N) is 3. The molecule has 1 aliphatic heterocycles. The predicted octanol–water partition coefficient (Wildman–Crippen LogP) is 2.32. The third-order valence-electron chi connectivity index (χ3n) is 6.96. The van der Waals surface area contributed by atoms with Crippen molar-refractivity contribution in [2.75, 3.05) is 59.8 Å². The molecule has 1 aliphatic carbocycles. The Hall–Kier alpha value is -2.65. The standard InChI is InChI=1S/C26H40N4O5/c1-17-13-30(24(31)15-28(3)4)18(2)16-35-22-11-10-20(27-25(32)19-8-7-9-19)12-21(22)26(33)29(5)14-23(17)34-6/h10-12,17-19,23H,7-9,13-16H2,1-6H3,(H,27,32)/t17-,18-,23-/m1/s1. The summed E-state index contributed by atoms with van der Waals surface area (Å²) in [6.45, 7) is 5.38. The molecule has 2 aliphatic rings. The number of rotatable bonds is 5. The number of likely N-dealkylation sites (N-methyl/N-ethyl adjacent to an activating group) is 2. The summed E-state index contributed by atoms with van der Waals surface area (Å²) < 4.78 is 11.9. The van der Waals surface area contributed by atoms with Gasteiger partial charge in [0, 0.05) is 44.8 Å². The van der Waals surface area contributed by atoms with Crippen molar-refractivity contribution in [3.8, 4) is 5.75 Å². The van der Waals surface area contributed by atoms with Gasteiger partial charge in [-0.25, -0.2) is 0 Å². The summed E-state index contributed by atoms with van der Waals surface area (Å²) in [6, 6.07) is 4.95. The number of nitrogens with one attached hydrogen (secondary N) is 1. The molecule has 1 saturated carbocycles. The van der Waals surface area contributed by atoms with Gasteiger partial charge in [0.15, 0.2) is 0 Å². The normalized spacial score (nSPS) is 24.1. The van der Waals surface area contributed by atoms with E-state index < -0.39 is 0 Å². The van der Waals surface area contributed by atoms with Crippen molar-refractivity contribution < 1.29 is 23.9 Å². The van der Waals surface area contributed by atoms with Gasteiger partial charge in [-0.1, -0.05) is 13.3 Å². The summed E-state index contributed by atoms with van der Waals surface area (Å²) >= 11 is 0. The van der Waals surface area contributed by atoms with Crippen molar-refractivity contribution in [1.82, 2.24) is 14.7 Å². The minimum Gasteiger partial charge on any atom is -0.491 e. The van der Waals surface area contributed by atoms with Crippen LogP contribution in [0.25, 0.3) is 0 Å². The fourth-order valence-corrected chi connectivity index (χ4v) is 4.48. The van der Waals surface area contributed by atoms with Crippen LogP contribution < -0.4 is 10.1 Å². The van der Waals surface area contributed by atoms with Crippen LogP contribution in [0.2, 0.25) is 0 Å². The molecule has 0 radical (unpaired) electrons. The number of hydrogen-bond acceptors (Lipinski definition) is 6. The average Bonchev–Trinajstić information content (AvgIpc) is 2.76. The van der Waals surface area contributed by atoms with E-state index in [0.29, 0.717) is 36.6 Å². The largest absolute Gasteiger partial charge is 0.491 e. The van der Waals surface area contributed by atoms with Crippen LogP contribution in [0.15, 0.2) is 18.2 Å². The Morgan fingerprint density at radius 3 is 2.51 bits per heavy atom. The van der Waals surface area contributed by atoms with Crippen LogP contribution in [0.4, 0.5) is 5.69 Å². The van der Waals surface area contributed by atoms with E-state index in [0.717, 1.165) is 19.3 Å². The van der Waals surface area contributed by atoms with Gasteiger partial charge in [0.25, 0.3) is 5.91 Å². The number of methoxy groups -OCH3 is 1. The van der Waals surface area contributed by atoms with Gasteiger partial charge in [0.05, 0.1) is 24.3 Å². The Bertz CT molecular complexity index is 917. The molecule has 35 heavy (non-hydrogen) atoms. The molecule has 1 aromatic rings. The number of hydrogen-bond donors (Lipinski definition) is 1. The first kappa shape index (κ1) is 26.9. The van der Waals surface area contributed by atoms with Crippen molar-refractivity contribution in [2.24, 2.45) is 11.8 Å². The molecular weight excluding hydrogens is 448 g/mol. The molecule has 9 heteroatoms. The number of anilines is 1. The summed E-state index contributed by atoms with van der Waals surface area (Å²) in [7, 11) is 7.10. The maximum absolute atomic E-state index is 13.4. The summed E-state index contributed by atoms with van der Waals surface area (Å²) in [6.07, 6.45) is 2.62. The topological polar surface area (TPSA) is 91.4 Å². The zero-order valence-corrected chi connectivity index (χ0v) is 21.9. The lowest BCUT2D eigenvalue weighted by molar-refractivity contribution is -0.136. The van der Waals surface area contributed by atoms with Gasteiger partial charge < -0.3 is 29.5 Å². The number of fused-ring (bicyclic) bond motifs is 1. The van der Waals surface area contributed by atoms with Crippen LogP contribution in [0, 0.1) is 11.8 Å². The zero-order valence-electron chi connectivity index (χ0n) is 21.9. The second kappa shape index (κ2) is 11.9. The van der Waals surface area contributed by atoms with E-state index in [4.69, 9.17) is 9.47 Å². The number of amides is 3. The summed E-state index contributed by atoms with van der Waals surface area (Å²) in [5.41, 5.74) is 0.950. The van der Waals surface area contributed by atoms with Crippen molar-refractivity contribution in [2.45, 2.75) is 45.3 Å². The van der Waals surface area contributed by atoms with Crippen LogP contribution >= 0.6 is 0 Å². The summed E-state index contributed by atoms with van der Waals surface area (Å²) in [5.74, 6) is 0.268. The molecule has 0 aromatic heterocycles. The van der Waals surface area contributed by atoms with E-state index in [9.17, 15) is 14.4 Å². The molecule has 0 spiro atoms. The number of ether oxygens (including phenoxy) is 2. The van der Waals surface area contributed by atoms with Crippen molar-refractivity contribution in [3.63, 3.8) is 0 Å². The first-order valence-electron chi connectivity index (χ1n) is 12.4.